The minimum atomic E-state index is -0.429. The molecular formula is C21H18ClFN2O2. The van der Waals surface area contributed by atoms with Crippen molar-refractivity contribution in [2.24, 2.45) is 0 Å². The summed E-state index contributed by atoms with van der Waals surface area (Å²) >= 11 is 6.12. The number of benzene rings is 2. The van der Waals surface area contributed by atoms with Crippen molar-refractivity contribution in [2.75, 3.05) is 11.5 Å². The molecule has 3 aromatic rings. The van der Waals surface area contributed by atoms with E-state index in [1.807, 2.05) is 31.2 Å². The molecule has 1 aromatic heterocycles. The number of halogens is 2. The second-order valence-electron chi connectivity index (χ2n) is 6.01. The number of anilines is 1. The van der Waals surface area contributed by atoms with Crippen molar-refractivity contribution in [3.63, 3.8) is 0 Å². The normalized spacial score (nSPS) is 10.5. The van der Waals surface area contributed by atoms with Gasteiger partial charge in [-0.1, -0.05) is 41.4 Å². The molecule has 3 rings (SSSR count). The second kappa shape index (κ2) is 8.64. The van der Waals surface area contributed by atoms with E-state index in [0.717, 1.165) is 5.56 Å². The van der Waals surface area contributed by atoms with Crippen molar-refractivity contribution >= 4 is 23.3 Å². The van der Waals surface area contributed by atoms with E-state index in [-0.39, 0.29) is 24.1 Å². The van der Waals surface area contributed by atoms with Gasteiger partial charge in [0.05, 0.1) is 6.54 Å². The van der Waals surface area contributed by atoms with Crippen LogP contribution in [0, 0.1) is 12.7 Å². The number of hydrogen-bond acceptors (Lipinski definition) is 3. The van der Waals surface area contributed by atoms with Gasteiger partial charge in [0.2, 0.25) is 0 Å². The Morgan fingerprint density at radius 3 is 2.59 bits per heavy atom. The Bertz CT molecular complexity index is 917. The third-order valence-electron chi connectivity index (χ3n) is 3.95. The SMILES string of the molecule is Cc1ccc(OCC(=O)N(Cc2ccc(F)cc2Cl)c2ccccn2)cc1. The van der Waals surface area contributed by atoms with Gasteiger partial charge < -0.3 is 4.74 Å². The van der Waals surface area contributed by atoms with Gasteiger partial charge in [-0.05, 0) is 48.9 Å². The molecule has 0 saturated carbocycles. The maximum Gasteiger partial charge on any atom is 0.266 e. The zero-order valence-corrected chi connectivity index (χ0v) is 15.5. The fourth-order valence-electron chi connectivity index (χ4n) is 2.49. The van der Waals surface area contributed by atoms with E-state index in [0.29, 0.717) is 17.1 Å². The molecule has 0 radical (unpaired) electrons. The largest absolute Gasteiger partial charge is 0.484 e. The van der Waals surface area contributed by atoms with E-state index in [9.17, 15) is 9.18 Å². The van der Waals surface area contributed by atoms with Gasteiger partial charge in [-0.25, -0.2) is 9.37 Å². The summed E-state index contributed by atoms with van der Waals surface area (Å²) in [6.07, 6.45) is 1.60. The highest BCUT2D eigenvalue weighted by molar-refractivity contribution is 6.31. The van der Waals surface area contributed by atoms with Crippen LogP contribution in [0.3, 0.4) is 0 Å². The van der Waals surface area contributed by atoms with Crippen molar-refractivity contribution in [3.8, 4) is 5.75 Å². The van der Waals surface area contributed by atoms with Gasteiger partial charge in [-0.3, -0.25) is 9.69 Å². The highest BCUT2D eigenvalue weighted by atomic mass is 35.5. The number of carbonyl (C=O) groups excluding carboxylic acids is 1. The van der Waals surface area contributed by atoms with Crippen molar-refractivity contribution in [3.05, 3.63) is 88.8 Å². The minimum absolute atomic E-state index is 0.154. The molecule has 2 aromatic carbocycles. The first-order chi connectivity index (χ1) is 13.0. The molecule has 0 fully saturated rings. The molecule has 0 atom stereocenters. The summed E-state index contributed by atoms with van der Waals surface area (Å²) in [7, 11) is 0. The predicted octanol–water partition coefficient (Wildman–Crippen LogP) is 4.79. The number of pyridine rings is 1. The number of carbonyl (C=O) groups is 1. The van der Waals surface area contributed by atoms with E-state index in [1.54, 1.807) is 30.5 Å². The van der Waals surface area contributed by atoms with Gasteiger partial charge in [0.15, 0.2) is 6.61 Å². The number of rotatable bonds is 6. The number of aromatic nitrogens is 1. The van der Waals surface area contributed by atoms with Gasteiger partial charge >= 0.3 is 0 Å². The van der Waals surface area contributed by atoms with Crippen LogP contribution < -0.4 is 9.64 Å². The summed E-state index contributed by atoms with van der Waals surface area (Å²) in [4.78, 5) is 18.5. The van der Waals surface area contributed by atoms with E-state index in [2.05, 4.69) is 4.98 Å². The molecule has 0 aliphatic carbocycles. The van der Waals surface area contributed by atoms with E-state index in [1.165, 1.54) is 17.0 Å². The molecule has 0 saturated heterocycles. The van der Waals surface area contributed by atoms with Gasteiger partial charge in [0, 0.05) is 11.2 Å². The van der Waals surface area contributed by atoms with Crippen LogP contribution in [-0.4, -0.2) is 17.5 Å². The molecule has 0 spiro atoms. The number of aryl methyl sites for hydroxylation is 1. The standard InChI is InChI=1S/C21H18ClFN2O2/c1-15-5-9-18(10-6-15)27-14-21(26)25(20-4-2-3-11-24-20)13-16-7-8-17(23)12-19(16)22/h2-12H,13-14H2,1H3. The lowest BCUT2D eigenvalue weighted by Gasteiger charge is -2.22. The Labute approximate surface area is 162 Å². The number of nitrogens with zero attached hydrogens (tertiary/aromatic N) is 2. The topological polar surface area (TPSA) is 42.4 Å². The molecule has 6 heteroatoms. The van der Waals surface area contributed by atoms with Crippen LogP contribution in [0.4, 0.5) is 10.2 Å². The Kier molecular flexibility index (Phi) is 6.04. The lowest BCUT2D eigenvalue weighted by Crippen LogP contribution is -2.35. The van der Waals surface area contributed by atoms with E-state index < -0.39 is 5.82 Å². The first-order valence-electron chi connectivity index (χ1n) is 8.38. The zero-order valence-electron chi connectivity index (χ0n) is 14.7. The molecule has 0 bridgehead atoms. The molecule has 138 valence electrons. The number of hydrogen-bond donors (Lipinski definition) is 0. The van der Waals surface area contributed by atoms with Crippen LogP contribution >= 0.6 is 11.6 Å². The molecule has 0 unspecified atom stereocenters. The van der Waals surface area contributed by atoms with Gasteiger partial charge in [0.25, 0.3) is 5.91 Å². The lowest BCUT2D eigenvalue weighted by molar-refractivity contribution is -0.120. The third-order valence-corrected chi connectivity index (χ3v) is 4.31. The van der Waals surface area contributed by atoms with Crippen molar-refractivity contribution in [1.29, 1.82) is 0 Å². The molecule has 0 N–H and O–H groups in total. The van der Waals surface area contributed by atoms with E-state index in [4.69, 9.17) is 16.3 Å². The summed E-state index contributed by atoms with van der Waals surface area (Å²) in [5, 5.41) is 0.253. The molecule has 0 aliphatic rings. The Hall–Kier alpha value is -2.92. The average molecular weight is 385 g/mol. The molecule has 27 heavy (non-hydrogen) atoms. The van der Waals surface area contributed by atoms with Gasteiger partial charge in [0.1, 0.15) is 17.4 Å². The zero-order chi connectivity index (χ0) is 19.2. The summed E-state index contributed by atoms with van der Waals surface area (Å²) in [6, 6.07) is 16.8. The molecule has 1 amide bonds. The summed E-state index contributed by atoms with van der Waals surface area (Å²) in [6.45, 7) is 1.98. The van der Waals surface area contributed by atoms with Crippen molar-refractivity contribution in [1.82, 2.24) is 4.98 Å². The highest BCUT2D eigenvalue weighted by Gasteiger charge is 2.19. The van der Waals surface area contributed by atoms with Crippen LogP contribution in [0.15, 0.2) is 66.9 Å². The quantitative estimate of drug-likeness (QED) is 0.613. The molecular weight excluding hydrogens is 367 g/mol. The summed E-state index contributed by atoms with van der Waals surface area (Å²) in [5.41, 5.74) is 1.72. The fraction of sp³-hybridized carbons (Fsp3) is 0.143. The maximum absolute atomic E-state index is 13.3. The Morgan fingerprint density at radius 1 is 1.15 bits per heavy atom. The van der Waals surface area contributed by atoms with Crippen LogP contribution in [0.5, 0.6) is 5.75 Å². The fourth-order valence-corrected chi connectivity index (χ4v) is 2.72. The summed E-state index contributed by atoms with van der Waals surface area (Å²) < 4.78 is 18.9. The van der Waals surface area contributed by atoms with Crippen LogP contribution in [0.1, 0.15) is 11.1 Å². The van der Waals surface area contributed by atoms with Crippen molar-refractivity contribution < 1.29 is 13.9 Å². The maximum atomic E-state index is 13.3. The average Bonchev–Trinajstić information content (AvgIpc) is 2.67. The van der Waals surface area contributed by atoms with Crippen LogP contribution in [0.25, 0.3) is 0 Å². The predicted molar refractivity (Wildman–Crippen MR) is 104 cm³/mol. The first-order valence-corrected chi connectivity index (χ1v) is 8.75. The van der Waals surface area contributed by atoms with Crippen LogP contribution in [0.2, 0.25) is 5.02 Å². The Balaban J connectivity index is 1.79. The first kappa shape index (κ1) is 18.9. The number of ether oxygens (including phenoxy) is 1. The smallest absolute Gasteiger partial charge is 0.266 e. The lowest BCUT2D eigenvalue weighted by atomic mass is 10.2. The monoisotopic (exact) mass is 384 g/mol. The minimum Gasteiger partial charge on any atom is -0.484 e. The third kappa shape index (κ3) is 5.05. The molecule has 1 heterocycles. The van der Waals surface area contributed by atoms with Crippen molar-refractivity contribution in [2.45, 2.75) is 13.5 Å². The summed E-state index contributed by atoms with van der Waals surface area (Å²) in [5.74, 6) is 0.363. The highest BCUT2D eigenvalue weighted by Crippen LogP contribution is 2.22. The van der Waals surface area contributed by atoms with Gasteiger partial charge in [-0.15, -0.1) is 0 Å². The van der Waals surface area contributed by atoms with Crippen LogP contribution in [-0.2, 0) is 11.3 Å². The van der Waals surface area contributed by atoms with Gasteiger partial charge in [-0.2, -0.15) is 0 Å². The Morgan fingerprint density at radius 2 is 1.93 bits per heavy atom. The molecule has 4 nitrogen and oxygen atoms in total. The van der Waals surface area contributed by atoms with E-state index >= 15 is 0 Å². The second-order valence-corrected chi connectivity index (χ2v) is 6.41. The molecule has 0 aliphatic heterocycles. The number of amides is 1.